The average Bonchev–Trinajstić information content (AvgIpc) is 2.94. The van der Waals surface area contributed by atoms with E-state index in [2.05, 4.69) is 21.2 Å². The highest BCUT2D eigenvalue weighted by atomic mass is 79.9. The lowest BCUT2D eigenvalue weighted by Gasteiger charge is -2.09. The van der Waals surface area contributed by atoms with Gasteiger partial charge in [0.15, 0.2) is 0 Å². The molecule has 0 aliphatic heterocycles. The summed E-state index contributed by atoms with van der Waals surface area (Å²) in [7, 11) is 0. The molecule has 0 bridgehead atoms. The molecule has 1 aromatic rings. The number of carbonyl (C=O) groups excluding carboxylic acids is 1. The van der Waals surface area contributed by atoms with Crippen molar-refractivity contribution >= 4 is 27.5 Å². The SMILES string of the molecule is Cc1cc(Br)cc(C(=O)NC2CC2)c1N. The van der Waals surface area contributed by atoms with Crippen molar-refractivity contribution in [2.75, 3.05) is 5.73 Å². The van der Waals surface area contributed by atoms with Gasteiger partial charge < -0.3 is 11.1 Å². The molecule has 0 saturated heterocycles. The van der Waals surface area contributed by atoms with Gasteiger partial charge in [-0.1, -0.05) is 15.9 Å². The van der Waals surface area contributed by atoms with Gasteiger partial charge in [0.25, 0.3) is 5.91 Å². The highest BCUT2D eigenvalue weighted by Crippen LogP contribution is 2.25. The molecule has 80 valence electrons. The first-order valence-corrected chi connectivity index (χ1v) is 5.73. The average molecular weight is 269 g/mol. The van der Waals surface area contributed by atoms with Crippen LogP contribution in [-0.2, 0) is 0 Å². The Hall–Kier alpha value is -1.03. The van der Waals surface area contributed by atoms with Crippen molar-refractivity contribution in [3.05, 3.63) is 27.7 Å². The minimum Gasteiger partial charge on any atom is -0.398 e. The van der Waals surface area contributed by atoms with Crippen LogP contribution >= 0.6 is 15.9 Å². The van der Waals surface area contributed by atoms with E-state index in [1.54, 1.807) is 6.07 Å². The zero-order chi connectivity index (χ0) is 11.0. The summed E-state index contributed by atoms with van der Waals surface area (Å²) in [6, 6.07) is 4.03. The Morgan fingerprint density at radius 2 is 2.20 bits per heavy atom. The number of nitrogens with one attached hydrogen (secondary N) is 1. The number of aryl methyl sites for hydroxylation is 1. The molecule has 1 aliphatic rings. The van der Waals surface area contributed by atoms with Gasteiger partial charge in [0.2, 0.25) is 0 Å². The predicted octanol–water partition coefficient (Wildman–Crippen LogP) is 2.23. The van der Waals surface area contributed by atoms with E-state index in [-0.39, 0.29) is 5.91 Å². The zero-order valence-corrected chi connectivity index (χ0v) is 10.1. The number of hydrogen-bond donors (Lipinski definition) is 2. The molecule has 1 aromatic carbocycles. The van der Waals surface area contributed by atoms with Crippen LogP contribution in [0.25, 0.3) is 0 Å². The monoisotopic (exact) mass is 268 g/mol. The van der Waals surface area contributed by atoms with Gasteiger partial charge in [0, 0.05) is 16.2 Å². The highest BCUT2D eigenvalue weighted by Gasteiger charge is 2.24. The van der Waals surface area contributed by atoms with E-state index >= 15 is 0 Å². The maximum Gasteiger partial charge on any atom is 0.253 e. The van der Waals surface area contributed by atoms with Crippen LogP contribution in [0.5, 0.6) is 0 Å². The fraction of sp³-hybridized carbons (Fsp3) is 0.364. The lowest BCUT2D eigenvalue weighted by Crippen LogP contribution is -2.26. The summed E-state index contributed by atoms with van der Waals surface area (Å²) >= 11 is 3.36. The van der Waals surface area contributed by atoms with Crippen molar-refractivity contribution in [2.24, 2.45) is 0 Å². The Bertz CT molecular complexity index is 413. The molecule has 1 saturated carbocycles. The normalized spacial score (nSPS) is 15.1. The summed E-state index contributed by atoms with van der Waals surface area (Å²) in [5.74, 6) is -0.0700. The molecule has 1 amide bonds. The number of carbonyl (C=O) groups is 1. The topological polar surface area (TPSA) is 55.1 Å². The Morgan fingerprint density at radius 3 is 2.80 bits per heavy atom. The maximum absolute atomic E-state index is 11.8. The first-order chi connectivity index (χ1) is 7.08. The molecular weight excluding hydrogens is 256 g/mol. The van der Waals surface area contributed by atoms with Crippen molar-refractivity contribution in [1.29, 1.82) is 0 Å². The van der Waals surface area contributed by atoms with Crippen LogP contribution in [-0.4, -0.2) is 11.9 Å². The second kappa shape index (κ2) is 3.85. The molecule has 0 aromatic heterocycles. The van der Waals surface area contributed by atoms with Gasteiger partial charge in [-0.25, -0.2) is 0 Å². The van der Waals surface area contributed by atoms with Gasteiger partial charge in [0.1, 0.15) is 0 Å². The van der Waals surface area contributed by atoms with E-state index in [1.807, 2.05) is 13.0 Å². The molecule has 3 N–H and O–H groups in total. The Balaban J connectivity index is 2.28. The van der Waals surface area contributed by atoms with Crippen molar-refractivity contribution in [2.45, 2.75) is 25.8 Å². The third-order valence-electron chi connectivity index (χ3n) is 2.51. The Kier molecular flexibility index (Phi) is 2.69. The van der Waals surface area contributed by atoms with Crippen LogP contribution in [0, 0.1) is 6.92 Å². The number of nitrogen functional groups attached to an aromatic ring is 1. The van der Waals surface area contributed by atoms with Crippen LogP contribution < -0.4 is 11.1 Å². The third kappa shape index (κ3) is 2.31. The van der Waals surface area contributed by atoms with Gasteiger partial charge in [-0.05, 0) is 37.5 Å². The zero-order valence-electron chi connectivity index (χ0n) is 8.51. The molecule has 0 unspecified atom stereocenters. The predicted molar refractivity (Wildman–Crippen MR) is 63.8 cm³/mol. The quantitative estimate of drug-likeness (QED) is 0.809. The molecule has 4 heteroatoms. The molecule has 0 spiro atoms. The smallest absolute Gasteiger partial charge is 0.253 e. The van der Waals surface area contributed by atoms with Crippen LogP contribution in [0.1, 0.15) is 28.8 Å². The first-order valence-electron chi connectivity index (χ1n) is 4.94. The summed E-state index contributed by atoms with van der Waals surface area (Å²) in [6.07, 6.45) is 2.16. The highest BCUT2D eigenvalue weighted by molar-refractivity contribution is 9.10. The summed E-state index contributed by atoms with van der Waals surface area (Å²) in [6.45, 7) is 1.90. The third-order valence-corrected chi connectivity index (χ3v) is 2.97. The molecule has 2 rings (SSSR count). The largest absolute Gasteiger partial charge is 0.398 e. The summed E-state index contributed by atoms with van der Waals surface area (Å²) < 4.78 is 0.884. The molecule has 0 atom stereocenters. The summed E-state index contributed by atoms with van der Waals surface area (Å²) in [5, 5.41) is 2.93. The molecule has 1 fully saturated rings. The molecule has 0 radical (unpaired) electrons. The van der Waals surface area contributed by atoms with E-state index in [9.17, 15) is 4.79 Å². The van der Waals surface area contributed by atoms with E-state index < -0.39 is 0 Å². The Labute approximate surface area is 97.2 Å². The summed E-state index contributed by atoms with van der Waals surface area (Å²) in [5.41, 5.74) is 7.92. The minimum absolute atomic E-state index is 0.0700. The van der Waals surface area contributed by atoms with E-state index in [4.69, 9.17) is 5.73 Å². The molecule has 3 nitrogen and oxygen atoms in total. The van der Waals surface area contributed by atoms with E-state index in [1.165, 1.54) is 0 Å². The van der Waals surface area contributed by atoms with Crippen molar-refractivity contribution in [1.82, 2.24) is 5.32 Å². The van der Waals surface area contributed by atoms with Gasteiger partial charge in [0.05, 0.1) is 5.56 Å². The number of amides is 1. The Morgan fingerprint density at radius 1 is 1.53 bits per heavy atom. The fourth-order valence-corrected chi connectivity index (χ4v) is 2.01. The number of rotatable bonds is 2. The first kappa shape index (κ1) is 10.5. The summed E-state index contributed by atoms with van der Waals surface area (Å²) in [4.78, 5) is 11.8. The number of hydrogen-bond acceptors (Lipinski definition) is 2. The maximum atomic E-state index is 11.8. The second-order valence-electron chi connectivity index (χ2n) is 3.93. The van der Waals surface area contributed by atoms with Crippen LogP contribution in [0.4, 0.5) is 5.69 Å². The lowest BCUT2D eigenvalue weighted by molar-refractivity contribution is 0.0952. The van der Waals surface area contributed by atoms with Crippen molar-refractivity contribution in [3.63, 3.8) is 0 Å². The van der Waals surface area contributed by atoms with Crippen molar-refractivity contribution < 1.29 is 4.79 Å². The number of nitrogens with two attached hydrogens (primary N) is 1. The van der Waals surface area contributed by atoms with Gasteiger partial charge in [-0.2, -0.15) is 0 Å². The van der Waals surface area contributed by atoms with Crippen molar-refractivity contribution in [3.8, 4) is 0 Å². The number of halogens is 1. The number of benzene rings is 1. The number of anilines is 1. The molecular formula is C11H13BrN2O. The second-order valence-corrected chi connectivity index (χ2v) is 4.85. The van der Waals surface area contributed by atoms with Gasteiger partial charge in [-0.3, -0.25) is 4.79 Å². The van der Waals surface area contributed by atoms with Gasteiger partial charge in [-0.15, -0.1) is 0 Å². The van der Waals surface area contributed by atoms with Gasteiger partial charge >= 0.3 is 0 Å². The lowest BCUT2D eigenvalue weighted by atomic mass is 10.1. The van der Waals surface area contributed by atoms with Crippen LogP contribution in [0.2, 0.25) is 0 Å². The minimum atomic E-state index is -0.0700. The standard InChI is InChI=1S/C11H13BrN2O/c1-6-4-7(12)5-9(10(6)13)11(15)14-8-2-3-8/h4-5,8H,2-3,13H2,1H3,(H,14,15). The van der Waals surface area contributed by atoms with E-state index in [0.29, 0.717) is 17.3 Å². The van der Waals surface area contributed by atoms with Crippen LogP contribution in [0.3, 0.4) is 0 Å². The molecule has 1 aliphatic carbocycles. The fourth-order valence-electron chi connectivity index (χ4n) is 1.43. The van der Waals surface area contributed by atoms with E-state index in [0.717, 1.165) is 22.9 Å². The van der Waals surface area contributed by atoms with Crippen LogP contribution in [0.15, 0.2) is 16.6 Å². The molecule has 0 heterocycles. The molecule has 15 heavy (non-hydrogen) atoms.